The van der Waals surface area contributed by atoms with E-state index >= 15 is 0 Å². The Balaban J connectivity index is 3.42. The Morgan fingerprint density at radius 2 is 0.861 bits per heavy atom. The molecule has 0 saturated carbocycles. The average Bonchev–Trinajstić information content (AvgIpc) is 2.85. The van der Waals surface area contributed by atoms with Crippen molar-refractivity contribution in [1.82, 2.24) is 0 Å². The lowest BCUT2D eigenvalue weighted by atomic mass is 10.1. The molecule has 5 nitrogen and oxygen atoms in total. The summed E-state index contributed by atoms with van der Waals surface area (Å²) in [5.74, 6) is -0.601. The third-order valence-corrected chi connectivity index (χ3v) is 6.86. The number of rotatable bonds is 28. The number of carbonyl (C=O) groups is 2. The van der Waals surface area contributed by atoms with Crippen molar-refractivity contribution in [2.45, 2.75) is 181 Å². The molecule has 0 aromatic rings. The molecule has 36 heavy (non-hydrogen) atoms. The Kier molecular flexibility index (Phi) is 27.6. The summed E-state index contributed by atoms with van der Waals surface area (Å²) in [6.07, 6.45) is 27.0. The molecule has 0 saturated heterocycles. The molecule has 1 unspecified atom stereocenters. The Morgan fingerprint density at radius 3 is 1.25 bits per heavy atom. The largest absolute Gasteiger partial charge is 0.465 e. The Labute approximate surface area is 223 Å². The second kappa shape index (κ2) is 28.5. The number of carbonyl (C=O) groups excluding carboxylic acids is 2. The highest BCUT2D eigenvalue weighted by Gasteiger charge is 2.12. The fourth-order valence-electron chi connectivity index (χ4n) is 4.48. The maximum absolute atomic E-state index is 11.8. The van der Waals surface area contributed by atoms with Gasteiger partial charge in [-0.2, -0.15) is 0 Å². The van der Waals surface area contributed by atoms with Crippen molar-refractivity contribution in [3.05, 3.63) is 0 Å². The van der Waals surface area contributed by atoms with Crippen LogP contribution in [0.1, 0.15) is 174 Å². The third kappa shape index (κ3) is 27.5. The van der Waals surface area contributed by atoms with Gasteiger partial charge in [-0.25, -0.2) is 0 Å². The number of aliphatic hydroxyl groups excluding tert-OH is 1. The highest BCUT2D eigenvalue weighted by Crippen LogP contribution is 2.14. The number of hydrogen-bond donors (Lipinski definition) is 1. The van der Waals surface area contributed by atoms with E-state index in [1.165, 1.54) is 109 Å². The first kappa shape index (κ1) is 34.9. The molecule has 0 radical (unpaired) electrons. The minimum absolute atomic E-state index is 0.0871. The molecule has 0 fully saturated rings. The molecule has 0 aromatic carbocycles. The summed E-state index contributed by atoms with van der Waals surface area (Å²) >= 11 is 0. The zero-order valence-electron chi connectivity index (χ0n) is 24.0. The Bertz CT molecular complexity index is 480. The van der Waals surface area contributed by atoms with E-state index in [9.17, 15) is 14.7 Å². The van der Waals surface area contributed by atoms with Crippen LogP contribution in [0.4, 0.5) is 0 Å². The minimum atomic E-state index is -1.19. The van der Waals surface area contributed by atoms with Gasteiger partial charge >= 0.3 is 11.9 Å². The number of esters is 2. The van der Waals surface area contributed by atoms with Crippen molar-refractivity contribution in [1.29, 1.82) is 0 Å². The predicted octanol–water partition coefficient (Wildman–Crippen LogP) is 9.18. The van der Waals surface area contributed by atoms with Crippen LogP contribution >= 0.6 is 0 Å². The van der Waals surface area contributed by atoms with Gasteiger partial charge < -0.3 is 14.6 Å². The van der Waals surface area contributed by atoms with Gasteiger partial charge in [0.1, 0.15) is 0 Å². The van der Waals surface area contributed by atoms with Gasteiger partial charge in [-0.15, -0.1) is 0 Å². The van der Waals surface area contributed by atoms with E-state index in [4.69, 9.17) is 9.47 Å². The molecule has 0 amide bonds. The van der Waals surface area contributed by atoms with E-state index < -0.39 is 6.29 Å². The maximum atomic E-state index is 11.8. The second-order valence-corrected chi connectivity index (χ2v) is 10.5. The van der Waals surface area contributed by atoms with Crippen molar-refractivity contribution in [2.75, 3.05) is 6.61 Å². The minimum Gasteiger partial charge on any atom is -0.465 e. The van der Waals surface area contributed by atoms with Gasteiger partial charge in [0.2, 0.25) is 6.29 Å². The molecule has 5 heteroatoms. The summed E-state index contributed by atoms with van der Waals surface area (Å²) in [5, 5.41) is 9.85. The molecule has 1 atom stereocenters. The molecule has 0 bridgehead atoms. The molecule has 0 aliphatic heterocycles. The fourth-order valence-corrected chi connectivity index (χ4v) is 4.48. The SMILES string of the molecule is CCCCCCCCCCCCCC(=O)OCCC(O)OC(=O)CCCCCCCCCCCCC. The number of aliphatic hydroxyl groups is 1. The molecule has 0 heterocycles. The van der Waals surface area contributed by atoms with Crippen LogP contribution in [-0.2, 0) is 19.1 Å². The first-order chi connectivity index (χ1) is 17.6. The van der Waals surface area contributed by atoms with Crippen molar-refractivity contribution >= 4 is 11.9 Å². The topological polar surface area (TPSA) is 72.8 Å². The van der Waals surface area contributed by atoms with Gasteiger partial charge in [0.15, 0.2) is 0 Å². The third-order valence-electron chi connectivity index (χ3n) is 6.86. The van der Waals surface area contributed by atoms with Crippen LogP contribution in [0.3, 0.4) is 0 Å². The van der Waals surface area contributed by atoms with E-state index in [1.807, 2.05) is 0 Å². The molecule has 0 aliphatic rings. The van der Waals surface area contributed by atoms with Crippen LogP contribution < -0.4 is 0 Å². The number of hydrogen-bond acceptors (Lipinski definition) is 5. The summed E-state index contributed by atoms with van der Waals surface area (Å²) in [4.78, 5) is 23.7. The van der Waals surface area contributed by atoms with Crippen LogP contribution in [0.15, 0.2) is 0 Å². The van der Waals surface area contributed by atoms with Gasteiger partial charge in [0.05, 0.1) is 6.61 Å². The lowest BCUT2D eigenvalue weighted by Crippen LogP contribution is -2.20. The van der Waals surface area contributed by atoms with Crippen molar-refractivity contribution in [2.24, 2.45) is 0 Å². The summed E-state index contributed by atoms with van der Waals surface area (Å²) in [6, 6.07) is 0. The van der Waals surface area contributed by atoms with Gasteiger partial charge in [0, 0.05) is 19.3 Å². The number of ether oxygens (including phenoxy) is 2. The summed E-state index contributed by atoms with van der Waals surface area (Å²) < 4.78 is 10.2. The van der Waals surface area contributed by atoms with Gasteiger partial charge in [-0.1, -0.05) is 142 Å². The van der Waals surface area contributed by atoms with Crippen molar-refractivity contribution < 1.29 is 24.2 Å². The molecule has 0 spiro atoms. The lowest BCUT2D eigenvalue weighted by Gasteiger charge is -2.12. The maximum Gasteiger partial charge on any atom is 0.308 e. The van der Waals surface area contributed by atoms with Crippen LogP contribution in [-0.4, -0.2) is 29.9 Å². The van der Waals surface area contributed by atoms with Crippen LogP contribution in [0.2, 0.25) is 0 Å². The fraction of sp³-hybridized carbons (Fsp3) is 0.935. The van der Waals surface area contributed by atoms with E-state index in [0.717, 1.165) is 32.1 Å². The van der Waals surface area contributed by atoms with E-state index in [1.54, 1.807) is 0 Å². The van der Waals surface area contributed by atoms with Crippen molar-refractivity contribution in [3.8, 4) is 0 Å². The monoisotopic (exact) mass is 512 g/mol. The van der Waals surface area contributed by atoms with E-state index in [0.29, 0.717) is 12.8 Å². The van der Waals surface area contributed by atoms with Crippen LogP contribution in [0, 0.1) is 0 Å². The highest BCUT2D eigenvalue weighted by molar-refractivity contribution is 5.69. The zero-order valence-corrected chi connectivity index (χ0v) is 24.0. The number of unbranched alkanes of at least 4 members (excludes halogenated alkanes) is 20. The molecule has 1 N–H and O–H groups in total. The predicted molar refractivity (Wildman–Crippen MR) is 150 cm³/mol. The molecule has 0 aliphatic carbocycles. The Morgan fingerprint density at radius 1 is 0.528 bits per heavy atom. The van der Waals surface area contributed by atoms with E-state index in [2.05, 4.69) is 13.8 Å². The molecular weight excluding hydrogens is 452 g/mol. The van der Waals surface area contributed by atoms with Crippen LogP contribution in [0.5, 0.6) is 0 Å². The quantitative estimate of drug-likeness (QED) is 0.0642. The normalized spacial score (nSPS) is 12.0. The summed E-state index contributed by atoms with van der Waals surface area (Å²) in [6.45, 7) is 4.58. The second-order valence-electron chi connectivity index (χ2n) is 10.5. The zero-order chi connectivity index (χ0) is 26.5. The highest BCUT2D eigenvalue weighted by atomic mass is 16.6. The van der Waals surface area contributed by atoms with E-state index in [-0.39, 0.29) is 25.0 Å². The first-order valence-corrected chi connectivity index (χ1v) is 15.6. The van der Waals surface area contributed by atoms with Gasteiger partial charge in [0.25, 0.3) is 0 Å². The van der Waals surface area contributed by atoms with Gasteiger partial charge in [-0.3, -0.25) is 9.59 Å². The Hall–Kier alpha value is -1.10. The molecular formula is C31H60O5. The van der Waals surface area contributed by atoms with Crippen LogP contribution in [0.25, 0.3) is 0 Å². The van der Waals surface area contributed by atoms with Crippen molar-refractivity contribution in [3.63, 3.8) is 0 Å². The summed E-state index contributed by atoms with van der Waals surface area (Å²) in [5.41, 5.74) is 0. The molecule has 0 rings (SSSR count). The van der Waals surface area contributed by atoms with Gasteiger partial charge in [-0.05, 0) is 12.8 Å². The first-order valence-electron chi connectivity index (χ1n) is 15.6. The summed E-state index contributed by atoms with van der Waals surface area (Å²) in [7, 11) is 0. The standard InChI is InChI=1S/C31H60O5/c1-3-5-7-9-11-13-15-17-19-21-23-25-29(32)35-28-27-31(34)36-30(33)26-24-22-20-18-16-14-12-10-8-6-4-2/h31,34H,3-28H2,1-2H3. The smallest absolute Gasteiger partial charge is 0.308 e. The molecule has 214 valence electrons. The average molecular weight is 513 g/mol. The lowest BCUT2D eigenvalue weighted by molar-refractivity contribution is -0.171. The molecule has 0 aromatic heterocycles.